The van der Waals surface area contributed by atoms with Crippen LogP contribution in [-0.4, -0.2) is 29.0 Å². The van der Waals surface area contributed by atoms with Crippen LogP contribution in [-0.2, 0) is 11.2 Å². The Morgan fingerprint density at radius 3 is 2.53 bits per heavy atom. The molecule has 1 fully saturated rings. The van der Waals surface area contributed by atoms with Gasteiger partial charge in [-0.15, -0.1) is 11.8 Å². The monoisotopic (exact) mass is 420 g/mol. The first-order valence-corrected chi connectivity index (χ1v) is 10.8. The Kier molecular flexibility index (Phi) is 6.14. The van der Waals surface area contributed by atoms with Crippen LogP contribution in [0.3, 0.4) is 0 Å². The van der Waals surface area contributed by atoms with Crippen molar-refractivity contribution >= 4 is 29.3 Å². The highest BCUT2D eigenvalue weighted by molar-refractivity contribution is 8.00. The predicted octanol–water partition coefficient (Wildman–Crippen LogP) is 4.89. The van der Waals surface area contributed by atoms with Gasteiger partial charge in [0.15, 0.2) is 0 Å². The average Bonchev–Trinajstić information content (AvgIpc) is 3.13. The molecule has 0 spiro atoms. The molecule has 4 nitrogen and oxygen atoms in total. The molecule has 1 atom stereocenters. The van der Waals surface area contributed by atoms with Gasteiger partial charge in [0.05, 0.1) is 5.75 Å². The molecule has 0 unspecified atom stereocenters. The number of hydrogen-bond donors (Lipinski definition) is 1. The van der Waals surface area contributed by atoms with E-state index < -0.39 is 5.82 Å². The number of benzene rings is 3. The van der Waals surface area contributed by atoms with Crippen LogP contribution in [0.5, 0.6) is 0 Å². The van der Waals surface area contributed by atoms with Crippen molar-refractivity contribution in [1.82, 2.24) is 4.90 Å². The Morgan fingerprint density at radius 1 is 1.03 bits per heavy atom. The van der Waals surface area contributed by atoms with Gasteiger partial charge in [-0.05, 0) is 47.9 Å². The topological polar surface area (TPSA) is 49.4 Å². The fraction of sp³-hybridized carbons (Fsp3) is 0.167. The van der Waals surface area contributed by atoms with Crippen molar-refractivity contribution in [3.63, 3.8) is 0 Å². The van der Waals surface area contributed by atoms with Crippen LogP contribution in [0.25, 0.3) is 0 Å². The zero-order valence-corrected chi connectivity index (χ0v) is 17.1. The number of carbonyl (C=O) groups is 2. The highest BCUT2D eigenvalue weighted by Gasteiger charge is 2.32. The lowest BCUT2D eigenvalue weighted by molar-refractivity contribution is -0.128. The number of anilines is 1. The van der Waals surface area contributed by atoms with Crippen LogP contribution in [0.15, 0.2) is 78.9 Å². The molecule has 1 saturated heterocycles. The smallest absolute Gasteiger partial charge is 0.255 e. The third-order valence-corrected chi connectivity index (χ3v) is 6.25. The molecule has 1 aliphatic rings. The summed E-state index contributed by atoms with van der Waals surface area (Å²) >= 11 is 1.60. The Hall–Kier alpha value is -3.12. The second kappa shape index (κ2) is 9.13. The molecular formula is C24H21FN2O2S. The van der Waals surface area contributed by atoms with E-state index in [0.29, 0.717) is 23.5 Å². The van der Waals surface area contributed by atoms with Crippen molar-refractivity contribution < 1.29 is 14.0 Å². The molecule has 0 bridgehead atoms. The summed E-state index contributed by atoms with van der Waals surface area (Å²) in [6.45, 7) is 0.655. The molecular weight excluding hydrogens is 399 g/mol. The highest BCUT2D eigenvalue weighted by atomic mass is 32.2. The van der Waals surface area contributed by atoms with Gasteiger partial charge in [-0.25, -0.2) is 4.39 Å². The van der Waals surface area contributed by atoms with E-state index in [1.54, 1.807) is 36.0 Å². The van der Waals surface area contributed by atoms with Crippen LogP contribution in [0.2, 0.25) is 0 Å². The summed E-state index contributed by atoms with van der Waals surface area (Å²) in [5.74, 6) is -0.111. The SMILES string of the molecule is O=C(Nc1cccc(F)c1)c1ccc([C@@H]2SCC(=O)N2CCc2ccccc2)cc1. The summed E-state index contributed by atoms with van der Waals surface area (Å²) in [5, 5.41) is 2.64. The molecule has 30 heavy (non-hydrogen) atoms. The van der Waals surface area contributed by atoms with Crippen molar-refractivity contribution in [2.75, 3.05) is 17.6 Å². The van der Waals surface area contributed by atoms with E-state index in [9.17, 15) is 14.0 Å². The molecule has 1 heterocycles. The Bertz CT molecular complexity index is 1040. The molecule has 3 aromatic carbocycles. The van der Waals surface area contributed by atoms with E-state index >= 15 is 0 Å². The van der Waals surface area contributed by atoms with Crippen LogP contribution < -0.4 is 5.32 Å². The van der Waals surface area contributed by atoms with E-state index in [2.05, 4.69) is 17.4 Å². The van der Waals surface area contributed by atoms with Crippen LogP contribution in [0, 0.1) is 5.82 Å². The van der Waals surface area contributed by atoms with Crippen LogP contribution in [0.1, 0.15) is 26.9 Å². The Labute approximate surface area is 179 Å². The van der Waals surface area contributed by atoms with E-state index in [-0.39, 0.29) is 17.2 Å². The van der Waals surface area contributed by atoms with Gasteiger partial charge in [0, 0.05) is 17.8 Å². The summed E-state index contributed by atoms with van der Waals surface area (Å²) in [6.07, 6.45) is 0.803. The number of halogens is 1. The first-order valence-electron chi connectivity index (χ1n) is 9.72. The number of amides is 2. The standard InChI is InChI=1S/C24H21FN2O2S/c25-20-7-4-8-21(15-20)26-23(29)18-9-11-19(12-10-18)24-27(22(28)16-30-24)14-13-17-5-2-1-3-6-17/h1-12,15,24H,13-14,16H2,(H,26,29)/t24-/m0/s1. The Morgan fingerprint density at radius 2 is 1.80 bits per heavy atom. The quantitative estimate of drug-likeness (QED) is 0.617. The molecule has 0 radical (unpaired) electrons. The minimum atomic E-state index is -0.401. The second-order valence-corrected chi connectivity index (χ2v) is 8.14. The van der Waals surface area contributed by atoms with Crippen LogP contribution >= 0.6 is 11.8 Å². The summed E-state index contributed by atoms with van der Waals surface area (Å²) in [6, 6.07) is 23.1. The second-order valence-electron chi connectivity index (χ2n) is 7.07. The number of hydrogen-bond acceptors (Lipinski definition) is 3. The van der Waals surface area contributed by atoms with Gasteiger partial charge in [0.2, 0.25) is 5.91 Å². The third-order valence-electron chi connectivity index (χ3n) is 4.99. The highest BCUT2D eigenvalue weighted by Crippen LogP contribution is 2.38. The van der Waals surface area contributed by atoms with E-state index in [1.807, 2.05) is 35.2 Å². The minimum absolute atomic E-state index is 0.0541. The van der Waals surface area contributed by atoms with Crippen molar-refractivity contribution in [3.05, 3.63) is 101 Å². The first-order chi connectivity index (χ1) is 14.6. The number of carbonyl (C=O) groups excluding carboxylic acids is 2. The molecule has 6 heteroatoms. The van der Waals surface area contributed by atoms with E-state index in [4.69, 9.17) is 0 Å². The minimum Gasteiger partial charge on any atom is -0.326 e. The maximum atomic E-state index is 13.3. The average molecular weight is 421 g/mol. The predicted molar refractivity (Wildman–Crippen MR) is 118 cm³/mol. The van der Waals surface area contributed by atoms with Gasteiger partial charge in [-0.3, -0.25) is 9.59 Å². The normalized spacial score (nSPS) is 16.0. The van der Waals surface area contributed by atoms with Crippen molar-refractivity contribution in [3.8, 4) is 0 Å². The molecule has 152 valence electrons. The van der Waals surface area contributed by atoms with Gasteiger partial charge in [0.1, 0.15) is 11.2 Å². The molecule has 0 saturated carbocycles. The van der Waals surface area contributed by atoms with Crippen molar-refractivity contribution in [1.29, 1.82) is 0 Å². The largest absolute Gasteiger partial charge is 0.326 e. The lowest BCUT2D eigenvalue weighted by atomic mass is 10.1. The fourth-order valence-corrected chi connectivity index (χ4v) is 4.65. The fourth-order valence-electron chi connectivity index (χ4n) is 3.43. The maximum Gasteiger partial charge on any atom is 0.255 e. The number of nitrogens with zero attached hydrogens (tertiary/aromatic N) is 1. The zero-order valence-electron chi connectivity index (χ0n) is 16.3. The molecule has 4 rings (SSSR count). The zero-order chi connectivity index (χ0) is 20.9. The molecule has 1 aliphatic heterocycles. The van der Waals surface area contributed by atoms with Gasteiger partial charge >= 0.3 is 0 Å². The summed E-state index contributed by atoms with van der Waals surface area (Å²) in [7, 11) is 0. The molecule has 0 aromatic heterocycles. The lowest BCUT2D eigenvalue weighted by Crippen LogP contribution is -2.30. The summed E-state index contributed by atoms with van der Waals surface area (Å²) in [5.41, 5.74) is 3.08. The van der Waals surface area contributed by atoms with Crippen molar-refractivity contribution in [2.45, 2.75) is 11.8 Å². The first kappa shape index (κ1) is 20.2. The van der Waals surface area contributed by atoms with Crippen molar-refractivity contribution in [2.24, 2.45) is 0 Å². The van der Waals surface area contributed by atoms with Gasteiger partial charge < -0.3 is 10.2 Å². The van der Waals surface area contributed by atoms with Gasteiger partial charge in [-0.2, -0.15) is 0 Å². The molecule has 0 aliphatic carbocycles. The summed E-state index contributed by atoms with van der Waals surface area (Å²) < 4.78 is 13.3. The number of nitrogens with one attached hydrogen (secondary N) is 1. The van der Waals surface area contributed by atoms with Crippen LogP contribution in [0.4, 0.5) is 10.1 Å². The third kappa shape index (κ3) is 4.71. The molecule has 1 N–H and O–H groups in total. The number of rotatable bonds is 6. The Balaban J connectivity index is 1.43. The lowest BCUT2D eigenvalue weighted by Gasteiger charge is -2.24. The van der Waals surface area contributed by atoms with E-state index in [0.717, 1.165) is 12.0 Å². The molecule has 2 amide bonds. The van der Waals surface area contributed by atoms with Gasteiger partial charge in [-0.1, -0.05) is 48.5 Å². The van der Waals surface area contributed by atoms with Gasteiger partial charge in [0.25, 0.3) is 5.91 Å². The summed E-state index contributed by atoms with van der Waals surface area (Å²) in [4.78, 5) is 26.7. The molecule has 3 aromatic rings. The van der Waals surface area contributed by atoms with E-state index in [1.165, 1.54) is 17.7 Å². The maximum absolute atomic E-state index is 13.3. The number of thioether (sulfide) groups is 1.